The van der Waals surface area contributed by atoms with E-state index in [1.165, 1.54) is 6.07 Å². The van der Waals surface area contributed by atoms with Crippen LogP contribution in [0.15, 0.2) is 23.6 Å². The predicted octanol–water partition coefficient (Wildman–Crippen LogP) is 0.737. The zero-order valence-corrected chi connectivity index (χ0v) is 13.0. The van der Waals surface area contributed by atoms with Gasteiger partial charge in [-0.05, 0) is 24.3 Å². The molecule has 1 saturated heterocycles. The summed E-state index contributed by atoms with van der Waals surface area (Å²) in [4.78, 5) is 48.9. The molecule has 3 rings (SSSR count). The van der Waals surface area contributed by atoms with Gasteiger partial charge < -0.3 is 11.1 Å². The Hall–Kier alpha value is -2.48. The zero-order chi connectivity index (χ0) is 16.6. The highest BCUT2D eigenvalue weighted by Crippen LogP contribution is 2.35. The topological polar surface area (TPSA) is 110 Å². The average molecular weight is 333 g/mol. The molecule has 2 atom stereocenters. The molecule has 0 spiro atoms. The molecule has 1 aromatic rings. The molecular weight excluding hydrogens is 318 g/mol. The predicted molar refractivity (Wildman–Crippen MR) is 83.5 cm³/mol. The second kappa shape index (κ2) is 5.96. The van der Waals surface area contributed by atoms with Gasteiger partial charge in [0.05, 0.1) is 17.4 Å². The maximum atomic E-state index is 12.3. The summed E-state index contributed by atoms with van der Waals surface area (Å²) in [5, 5.41) is 4.49. The first-order valence-electron chi connectivity index (χ1n) is 7.16. The fraction of sp³-hybridized carbons (Fsp3) is 0.333. The standard InChI is InChI=1S/C15H15N3O4S/c16-12(20)10-5-6-23-13(10)17-11(19)7-18-14(21)8-3-1-2-4-9(8)15(18)22/h1-2,5-6,8-9H,3-4,7H2,(H2,16,20)(H,17,19)/t8-,9-/m0/s1. The minimum Gasteiger partial charge on any atom is -0.366 e. The number of nitrogens with zero attached hydrogens (tertiary/aromatic N) is 1. The van der Waals surface area contributed by atoms with E-state index in [9.17, 15) is 19.2 Å². The number of likely N-dealkylation sites (tertiary alicyclic amines) is 1. The van der Waals surface area contributed by atoms with E-state index in [2.05, 4.69) is 5.32 Å². The Morgan fingerprint density at radius 1 is 1.22 bits per heavy atom. The number of carbonyl (C=O) groups excluding carboxylic acids is 4. The lowest BCUT2D eigenvalue weighted by atomic mass is 9.85. The van der Waals surface area contributed by atoms with Crippen molar-refractivity contribution >= 4 is 40.0 Å². The van der Waals surface area contributed by atoms with Gasteiger partial charge in [-0.2, -0.15) is 0 Å². The lowest BCUT2D eigenvalue weighted by Gasteiger charge is -2.14. The van der Waals surface area contributed by atoms with Crippen LogP contribution < -0.4 is 11.1 Å². The number of hydrogen-bond donors (Lipinski definition) is 2. The van der Waals surface area contributed by atoms with Crippen molar-refractivity contribution < 1.29 is 19.2 Å². The summed E-state index contributed by atoms with van der Waals surface area (Å²) in [6.45, 7) is -0.346. The van der Waals surface area contributed by atoms with Gasteiger partial charge in [0.25, 0.3) is 5.91 Å². The number of primary amides is 1. The van der Waals surface area contributed by atoms with Gasteiger partial charge in [0.1, 0.15) is 11.5 Å². The Morgan fingerprint density at radius 2 is 1.83 bits per heavy atom. The molecule has 0 aromatic carbocycles. The number of allylic oxidation sites excluding steroid dienone is 2. The number of thiophene rings is 1. The maximum Gasteiger partial charge on any atom is 0.251 e. The molecule has 0 radical (unpaired) electrons. The van der Waals surface area contributed by atoms with Crippen molar-refractivity contribution in [3.05, 3.63) is 29.2 Å². The second-order valence-corrected chi connectivity index (χ2v) is 6.41. The third-order valence-electron chi connectivity index (χ3n) is 4.08. The molecule has 2 heterocycles. The van der Waals surface area contributed by atoms with Gasteiger partial charge in [-0.3, -0.25) is 24.1 Å². The molecular formula is C15H15N3O4S. The van der Waals surface area contributed by atoms with E-state index < -0.39 is 11.8 Å². The normalized spacial score (nSPS) is 23.0. The minimum atomic E-state index is -0.646. The van der Waals surface area contributed by atoms with E-state index in [4.69, 9.17) is 5.73 Å². The zero-order valence-electron chi connectivity index (χ0n) is 12.2. The van der Waals surface area contributed by atoms with E-state index >= 15 is 0 Å². The van der Waals surface area contributed by atoms with Gasteiger partial charge in [0.15, 0.2) is 0 Å². The summed E-state index contributed by atoms with van der Waals surface area (Å²) in [7, 11) is 0. The van der Waals surface area contributed by atoms with E-state index in [-0.39, 0.29) is 35.8 Å². The molecule has 120 valence electrons. The molecule has 1 aliphatic heterocycles. The number of hydrogen-bond acceptors (Lipinski definition) is 5. The number of fused-ring (bicyclic) bond motifs is 1. The second-order valence-electron chi connectivity index (χ2n) is 5.49. The van der Waals surface area contributed by atoms with E-state index in [0.29, 0.717) is 17.8 Å². The number of amides is 4. The molecule has 23 heavy (non-hydrogen) atoms. The molecule has 0 saturated carbocycles. The molecule has 1 aliphatic carbocycles. The molecule has 3 N–H and O–H groups in total. The molecule has 1 fully saturated rings. The quantitative estimate of drug-likeness (QED) is 0.625. The fourth-order valence-electron chi connectivity index (χ4n) is 2.93. The molecule has 4 amide bonds. The van der Waals surface area contributed by atoms with E-state index in [1.54, 1.807) is 5.38 Å². The Kier molecular flexibility index (Phi) is 3.99. The Balaban J connectivity index is 1.68. The van der Waals surface area contributed by atoms with Crippen LogP contribution in [0, 0.1) is 11.8 Å². The average Bonchev–Trinajstić information content (AvgIpc) is 3.07. The summed E-state index contributed by atoms with van der Waals surface area (Å²) in [6, 6.07) is 1.51. The van der Waals surface area contributed by atoms with Gasteiger partial charge in [0.2, 0.25) is 17.7 Å². The van der Waals surface area contributed by atoms with Crippen LogP contribution in [0.25, 0.3) is 0 Å². The summed E-state index contributed by atoms with van der Waals surface area (Å²) in [5.41, 5.74) is 5.42. The lowest BCUT2D eigenvalue weighted by molar-refractivity contribution is -0.142. The van der Waals surface area contributed by atoms with E-state index in [0.717, 1.165) is 16.2 Å². The smallest absolute Gasteiger partial charge is 0.251 e. The monoisotopic (exact) mass is 333 g/mol. The van der Waals surface area contributed by atoms with Crippen LogP contribution in [0.4, 0.5) is 5.00 Å². The van der Waals surface area contributed by atoms with Crippen LogP contribution in [0.1, 0.15) is 23.2 Å². The SMILES string of the molecule is NC(=O)c1ccsc1NC(=O)CN1C(=O)[C@H]2CC=CC[C@@H]2C1=O. The number of imide groups is 1. The van der Waals surface area contributed by atoms with Crippen LogP contribution in [-0.2, 0) is 14.4 Å². The third kappa shape index (κ3) is 2.77. The fourth-order valence-corrected chi connectivity index (χ4v) is 3.74. The van der Waals surface area contributed by atoms with Crippen molar-refractivity contribution in [2.45, 2.75) is 12.8 Å². The van der Waals surface area contributed by atoms with Crippen molar-refractivity contribution in [1.82, 2.24) is 4.90 Å². The molecule has 2 aliphatic rings. The van der Waals surface area contributed by atoms with Crippen molar-refractivity contribution in [3.8, 4) is 0 Å². The number of nitrogens with one attached hydrogen (secondary N) is 1. The molecule has 8 heteroatoms. The van der Waals surface area contributed by atoms with Crippen molar-refractivity contribution in [2.75, 3.05) is 11.9 Å². The number of nitrogens with two attached hydrogens (primary N) is 1. The van der Waals surface area contributed by atoms with Gasteiger partial charge in [0, 0.05) is 0 Å². The molecule has 0 unspecified atom stereocenters. The van der Waals surface area contributed by atoms with Crippen LogP contribution in [0.3, 0.4) is 0 Å². The van der Waals surface area contributed by atoms with E-state index in [1.807, 2.05) is 12.2 Å². The summed E-state index contributed by atoms with van der Waals surface area (Å²) in [6.07, 6.45) is 4.84. The van der Waals surface area contributed by atoms with Gasteiger partial charge >= 0.3 is 0 Å². The first-order chi connectivity index (χ1) is 11.0. The summed E-state index contributed by atoms with van der Waals surface area (Å²) < 4.78 is 0. The van der Waals surface area contributed by atoms with Crippen LogP contribution in [-0.4, -0.2) is 35.1 Å². The van der Waals surface area contributed by atoms with Crippen LogP contribution in [0.2, 0.25) is 0 Å². The minimum absolute atomic E-state index is 0.209. The first-order valence-corrected chi connectivity index (χ1v) is 8.04. The Morgan fingerprint density at radius 3 is 2.39 bits per heavy atom. The van der Waals surface area contributed by atoms with Crippen LogP contribution >= 0.6 is 11.3 Å². The van der Waals surface area contributed by atoms with Gasteiger partial charge in [-0.15, -0.1) is 11.3 Å². The molecule has 1 aromatic heterocycles. The van der Waals surface area contributed by atoms with Crippen molar-refractivity contribution in [2.24, 2.45) is 17.6 Å². The molecule has 0 bridgehead atoms. The number of rotatable bonds is 4. The maximum absolute atomic E-state index is 12.3. The lowest BCUT2D eigenvalue weighted by Crippen LogP contribution is -2.38. The summed E-state index contributed by atoms with van der Waals surface area (Å²) in [5.74, 6) is -2.50. The van der Waals surface area contributed by atoms with Crippen LogP contribution in [0.5, 0.6) is 0 Å². The highest BCUT2D eigenvalue weighted by atomic mass is 32.1. The largest absolute Gasteiger partial charge is 0.366 e. The molecule has 7 nitrogen and oxygen atoms in total. The highest BCUT2D eigenvalue weighted by Gasteiger charge is 2.47. The van der Waals surface area contributed by atoms with Crippen molar-refractivity contribution in [3.63, 3.8) is 0 Å². The first kappa shape index (κ1) is 15.4. The van der Waals surface area contributed by atoms with Gasteiger partial charge in [-0.1, -0.05) is 12.2 Å². The van der Waals surface area contributed by atoms with Gasteiger partial charge in [-0.25, -0.2) is 0 Å². The van der Waals surface area contributed by atoms with Crippen molar-refractivity contribution in [1.29, 1.82) is 0 Å². The third-order valence-corrected chi connectivity index (χ3v) is 4.91. The highest BCUT2D eigenvalue weighted by molar-refractivity contribution is 7.14. The number of anilines is 1. The number of carbonyl (C=O) groups is 4. The summed E-state index contributed by atoms with van der Waals surface area (Å²) >= 11 is 1.15. The Bertz CT molecular complexity index is 698. The Labute approximate surface area is 136 Å².